The van der Waals surface area contributed by atoms with Gasteiger partial charge < -0.3 is 20.5 Å². The Bertz CT molecular complexity index is 1040. The topological polar surface area (TPSA) is 68.3 Å². The van der Waals surface area contributed by atoms with Crippen molar-refractivity contribution >= 4 is 46.7 Å². The SMILES string of the molecule is CCNC(=NCCc1c[nH]c2ccc(F)cc12)NC1CCN(c2cccc(C)n2)CC1.I. The van der Waals surface area contributed by atoms with E-state index in [9.17, 15) is 4.39 Å². The number of hydrogen-bond acceptors (Lipinski definition) is 3. The van der Waals surface area contributed by atoms with E-state index in [4.69, 9.17) is 4.99 Å². The van der Waals surface area contributed by atoms with Crippen molar-refractivity contribution in [3.63, 3.8) is 0 Å². The van der Waals surface area contributed by atoms with Crippen molar-refractivity contribution < 1.29 is 4.39 Å². The molecule has 6 nitrogen and oxygen atoms in total. The minimum atomic E-state index is -0.209. The van der Waals surface area contributed by atoms with Crippen LogP contribution in [-0.2, 0) is 6.42 Å². The molecule has 3 heterocycles. The second kappa shape index (κ2) is 11.5. The third kappa shape index (κ3) is 6.11. The summed E-state index contributed by atoms with van der Waals surface area (Å²) in [5.41, 5.74) is 3.10. The van der Waals surface area contributed by atoms with Crippen LogP contribution in [-0.4, -0.2) is 48.1 Å². The normalized spacial score (nSPS) is 15.0. The third-order valence-corrected chi connectivity index (χ3v) is 5.76. The van der Waals surface area contributed by atoms with Gasteiger partial charge in [-0.1, -0.05) is 6.07 Å². The molecule has 0 amide bonds. The zero-order valence-corrected chi connectivity index (χ0v) is 21.0. The monoisotopic (exact) mass is 550 g/mol. The summed E-state index contributed by atoms with van der Waals surface area (Å²) in [5, 5.41) is 7.88. The number of rotatable bonds is 6. The molecule has 32 heavy (non-hydrogen) atoms. The minimum Gasteiger partial charge on any atom is -0.361 e. The molecule has 2 aromatic heterocycles. The third-order valence-electron chi connectivity index (χ3n) is 5.76. The van der Waals surface area contributed by atoms with E-state index >= 15 is 0 Å². The van der Waals surface area contributed by atoms with Gasteiger partial charge in [-0.15, -0.1) is 24.0 Å². The number of aliphatic imine (C=N–C) groups is 1. The Morgan fingerprint density at radius 1 is 1.25 bits per heavy atom. The van der Waals surface area contributed by atoms with Crippen molar-refractivity contribution in [3.05, 3.63) is 59.7 Å². The molecule has 0 atom stereocenters. The standard InChI is InChI=1S/C24H31FN6.HI/c1-3-26-24(27-12-9-18-16-28-22-8-7-19(25)15-21(18)22)30-20-10-13-31(14-11-20)23-6-4-5-17(2)29-23;/h4-8,15-16,20,28H,3,9-14H2,1-2H3,(H2,26,27,30);1H. The van der Waals surface area contributed by atoms with Crippen LogP contribution in [0.15, 0.2) is 47.6 Å². The van der Waals surface area contributed by atoms with Crippen LogP contribution in [0.25, 0.3) is 10.9 Å². The number of fused-ring (bicyclic) bond motifs is 1. The molecule has 3 aromatic rings. The molecule has 3 N–H and O–H groups in total. The molecule has 1 aromatic carbocycles. The Kier molecular flexibility index (Phi) is 8.72. The lowest BCUT2D eigenvalue weighted by Gasteiger charge is -2.34. The Labute approximate surface area is 206 Å². The van der Waals surface area contributed by atoms with E-state index < -0.39 is 0 Å². The number of hydrogen-bond donors (Lipinski definition) is 3. The molecule has 1 saturated heterocycles. The highest BCUT2D eigenvalue weighted by Gasteiger charge is 2.21. The van der Waals surface area contributed by atoms with Crippen LogP contribution in [0.1, 0.15) is 31.0 Å². The quantitative estimate of drug-likeness (QED) is 0.242. The number of halogens is 2. The fraction of sp³-hybridized carbons (Fsp3) is 0.417. The van der Waals surface area contributed by atoms with Gasteiger partial charge in [0.15, 0.2) is 5.96 Å². The summed E-state index contributed by atoms with van der Waals surface area (Å²) < 4.78 is 13.6. The number of piperidine rings is 1. The fourth-order valence-corrected chi connectivity index (χ4v) is 4.12. The van der Waals surface area contributed by atoms with Crippen LogP contribution in [0.5, 0.6) is 0 Å². The summed E-state index contributed by atoms with van der Waals surface area (Å²) >= 11 is 0. The first-order valence-corrected chi connectivity index (χ1v) is 11.1. The maximum Gasteiger partial charge on any atom is 0.191 e. The van der Waals surface area contributed by atoms with Gasteiger partial charge in [-0.05, 0) is 69.0 Å². The highest BCUT2D eigenvalue weighted by Crippen LogP contribution is 2.20. The van der Waals surface area contributed by atoms with Crippen molar-refractivity contribution in [2.75, 3.05) is 31.1 Å². The summed E-state index contributed by atoms with van der Waals surface area (Å²) in [5.74, 6) is 1.70. The summed E-state index contributed by atoms with van der Waals surface area (Å²) in [6.45, 7) is 7.53. The van der Waals surface area contributed by atoms with Crippen molar-refractivity contribution in [2.24, 2.45) is 4.99 Å². The van der Waals surface area contributed by atoms with Gasteiger partial charge in [0.1, 0.15) is 11.6 Å². The summed E-state index contributed by atoms with van der Waals surface area (Å²) in [6.07, 6.45) is 4.80. The Morgan fingerprint density at radius 3 is 2.81 bits per heavy atom. The van der Waals surface area contributed by atoms with Crippen LogP contribution in [0.3, 0.4) is 0 Å². The van der Waals surface area contributed by atoms with Crippen LogP contribution in [0, 0.1) is 12.7 Å². The highest BCUT2D eigenvalue weighted by molar-refractivity contribution is 14.0. The van der Waals surface area contributed by atoms with Gasteiger partial charge in [0.2, 0.25) is 0 Å². The average Bonchev–Trinajstić information content (AvgIpc) is 3.16. The van der Waals surface area contributed by atoms with E-state index in [0.29, 0.717) is 12.6 Å². The molecule has 0 saturated carbocycles. The van der Waals surface area contributed by atoms with Crippen molar-refractivity contribution in [2.45, 2.75) is 39.2 Å². The summed E-state index contributed by atoms with van der Waals surface area (Å²) in [6, 6.07) is 11.4. The molecule has 1 aliphatic heterocycles. The number of pyridine rings is 1. The van der Waals surface area contributed by atoms with Gasteiger partial charge in [0.25, 0.3) is 0 Å². The van der Waals surface area contributed by atoms with Crippen molar-refractivity contribution in [1.29, 1.82) is 0 Å². The second-order valence-electron chi connectivity index (χ2n) is 8.06. The summed E-state index contributed by atoms with van der Waals surface area (Å²) in [7, 11) is 0. The predicted octanol–water partition coefficient (Wildman–Crippen LogP) is 4.40. The number of aromatic amines is 1. The lowest BCUT2D eigenvalue weighted by atomic mass is 10.1. The molecule has 0 unspecified atom stereocenters. The van der Waals surface area contributed by atoms with Crippen LogP contribution >= 0.6 is 24.0 Å². The number of aryl methyl sites for hydroxylation is 1. The largest absolute Gasteiger partial charge is 0.361 e. The first-order valence-electron chi connectivity index (χ1n) is 11.1. The van der Waals surface area contributed by atoms with E-state index in [0.717, 1.165) is 72.8 Å². The first kappa shape index (κ1) is 24.3. The van der Waals surface area contributed by atoms with Gasteiger partial charge in [-0.2, -0.15) is 0 Å². The molecule has 8 heteroatoms. The molecular weight excluding hydrogens is 518 g/mol. The Balaban J connectivity index is 0.00000289. The highest BCUT2D eigenvalue weighted by atomic mass is 127. The number of anilines is 1. The van der Waals surface area contributed by atoms with Crippen LogP contribution < -0.4 is 15.5 Å². The maximum absolute atomic E-state index is 13.6. The Hall–Kier alpha value is -2.36. The zero-order chi connectivity index (χ0) is 21.6. The minimum absolute atomic E-state index is 0. The molecule has 1 fully saturated rings. The van der Waals surface area contributed by atoms with Crippen molar-refractivity contribution in [1.82, 2.24) is 20.6 Å². The van der Waals surface area contributed by atoms with Gasteiger partial charge in [-0.3, -0.25) is 4.99 Å². The number of nitrogens with zero attached hydrogens (tertiary/aromatic N) is 3. The predicted molar refractivity (Wildman–Crippen MR) is 141 cm³/mol. The van der Waals surface area contributed by atoms with E-state index in [2.05, 4.69) is 44.6 Å². The molecule has 0 radical (unpaired) electrons. The second-order valence-corrected chi connectivity index (χ2v) is 8.06. The Morgan fingerprint density at radius 2 is 2.06 bits per heavy atom. The molecule has 0 bridgehead atoms. The number of H-pyrrole nitrogens is 1. The molecular formula is C24H32FIN6. The number of nitrogens with one attached hydrogen (secondary N) is 3. The molecule has 0 spiro atoms. The molecule has 1 aliphatic rings. The van der Waals surface area contributed by atoms with E-state index in [1.807, 2.05) is 19.2 Å². The lowest BCUT2D eigenvalue weighted by Crippen LogP contribution is -2.49. The molecule has 4 rings (SSSR count). The number of guanidine groups is 1. The molecule has 172 valence electrons. The van der Waals surface area contributed by atoms with E-state index in [-0.39, 0.29) is 29.8 Å². The van der Waals surface area contributed by atoms with Gasteiger partial charge in [0, 0.05) is 55.0 Å². The van der Waals surface area contributed by atoms with E-state index in [1.54, 1.807) is 12.1 Å². The van der Waals surface area contributed by atoms with Crippen molar-refractivity contribution in [3.8, 4) is 0 Å². The number of aromatic nitrogens is 2. The van der Waals surface area contributed by atoms with Crippen LogP contribution in [0.2, 0.25) is 0 Å². The maximum atomic E-state index is 13.6. The lowest BCUT2D eigenvalue weighted by molar-refractivity contribution is 0.459. The zero-order valence-electron chi connectivity index (χ0n) is 18.7. The van der Waals surface area contributed by atoms with E-state index in [1.165, 1.54) is 6.07 Å². The van der Waals surface area contributed by atoms with Gasteiger partial charge >= 0.3 is 0 Å². The fourth-order valence-electron chi connectivity index (χ4n) is 4.12. The van der Waals surface area contributed by atoms with Gasteiger partial charge in [0.05, 0.1) is 0 Å². The smallest absolute Gasteiger partial charge is 0.191 e. The van der Waals surface area contributed by atoms with Crippen LogP contribution in [0.4, 0.5) is 10.2 Å². The first-order chi connectivity index (χ1) is 15.1. The average molecular weight is 550 g/mol. The number of benzene rings is 1. The van der Waals surface area contributed by atoms with Gasteiger partial charge in [-0.25, -0.2) is 9.37 Å². The molecule has 0 aliphatic carbocycles. The summed E-state index contributed by atoms with van der Waals surface area (Å²) in [4.78, 5) is 15.0.